The van der Waals surface area contributed by atoms with Crippen molar-refractivity contribution in [1.29, 1.82) is 0 Å². The molecule has 1 aromatic rings. The van der Waals surface area contributed by atoms with Gasteiger partial charge in [0, 0.05) is 0 Å². The fourth-order valence-electron chi connectivity index (χ4n) is 1.06. The Kier molecular flexibility index (Phi) is 5.31. The summed E-state index contributed by atoms with van der Waals surface area (Å²) in [5.41, 5.74) is 0.112. The van der Waals surface area contributed by atoms with Gasteiger partial charge in [-0.15, -0.1) is 0 Å². The average molecular weight is 226 g/mol. The molecule has 0 saturated heterocycles. The van der Waals surface area contributed by atoms with Crippen molar-refractivity contribution in [3.05, 3.63) is 29.8 Å². The standard InChI is InChI=1S/C11H14O5/c1-2-3-8-14-16-11(12)9-6-4-5-7-10(9)15-13/h4-7,13H,2-3,8H2,1H3. The molecule has 5 nitrogen and oxygen atoms in total. The Morgan fingerprint density at radius 1 is 1.38 bits per heavy atom. The van der Waals surface area contributed by atoms with Crippen LogP contribution in [-0.2, 0) is 9.78 Å². The van der Waals surface area contributed by atoms with Crippen molar-refractivity contribution >= 4 is 5.97 Å². The lowest BCUT2D eigenvalue weighted by atomic mass is 10.2. The van der Waals surface area contributed by atoms with E-state index in [0.29, 0.717) is 6.61 Å². The van der Waals surface area contributed by atoms with Crippen LogP contribution in [0.15, 0.2) is 24.3 Å². The number of benzene rings is 1. The first-order valence-corrected chi connectivity index (χ1v) is 5.03. The Hall–Kier alpha value is -1.59. The SMILES string of the molecule is CCCCOOC(=O)c1ccccc1OO. The molecule has 0 spiro atoms. The number of rotatable bonds is 6. The lowest BCUT2D eigenvalue weighted by Gasteiger charge is -2.05. The summed E-state index contributed by atoms with van der Waals surface area (Å²) in [6.45, 7) is 2.35. The second-order valence-corrected chi connectivity index (χ2v) is 3.13. The lowest BCUT2D eigenvalue weighted by molar-refractivity contribution is -0.241. The first kappa shape index (κ1) is 12.5. The quantitative estimate of drug-likeness (QED) is 0.458. The van der Waals surface area contributed by atoms with Crippen LogP contribution in [0, 0.1) is 0 Å². The van der Waals surface area contributed by atoms with Crippen LogP contribution in [0.2, 0.25) is 0 Å². The molecular weight excluding hydrogens is 212 g/mol. The predicted molar refractivity (Wildman–Crippen MR) is 56.0 cm³/mol. The molecule has 88 valence electrons. The van der Waals surface area contributed by atoms with Gasteiger partial charge in [-0.05, 0) is 18.6 Å². The number of hydrogen-bond donors (Lipinski definition) is 1. The topological polar surface area (TPSA) is 65.0 Å². The third-order valence-electron chi connectivity index (χ3n) is 1.92. The van der Waals surface area contributed by atoms with Crippen LogP contribution in [0.5, 0.6) is 5.75 Å². The van der Waals surface area contributed by atoms with Gasteiger partial charge in [-0.25, -0.2) is 10.1 Å². The van der Waals surface area contributed by atoms with E-state index in [0.717, 1.165) is 12.8 Å². The molecule has 0 saturated carbocycles. The van der Waals surface area contributed by atoms with E-state index in [1.54, 1.807) is 12.1 Å². The maximum absolute atomic E-state index is 11.4. The molecule has 0 bridgehead atoms. The second kappa shape index (κ2) is 6.81. The van der Waals surface area contributed by atoms with Crippen LogP contribution < -0.4 is 4.89 Å². The van der Waals surface area contributed by atoms with E-state index in [9.17, 15) is 4.79 Å². The highest BCUT2D eigenvalue weighted by molar-refractivity contribution is 5.92. The molecule has 0 aliphatic heterocycles. The van der Waals surface area contributed by atoms with E-state index in [2.05, 4.69) is 9.78 Å². The van der Waals surface area contributed by atoms with Crippen molar-refractivity contribution in [3.8, 4) is 5.75 Å². The zero-order valence-electron chi connectivity index (χ0n) is 9.01. The van der Waals surface area contributed by atoms with Crippen molar-refractivity contribution in [3.63, 3.8) is 0 Å². The summed E-state index contributed by atoms with van der Waals surface area (Å²) in [5.74, 6) is -0.660. The molecule has 16 heavy (non-hydrogen) atoms. The van der Waals surface area contributed by atoms with Gasteiger partial charge in [-0.1, -0.05) is 25.5 Å². The summed E-state index contributed by atoms with van der Waals surface area (Å²) in [4.78, 5) is 24.7. The van der Waals surface area contributed by atoms with E-state index < -0.39 is 5.97 Å². The summed E-state index contributed by atoms with van der Waals surface area (Å²) in [7, 11) is 0. The van der Waals surface area contributed by atoms with Crippen molar-refractivity contribution in [2.45, 2.75) is 19.8 Å². The summed E-state index contributed by atoms with van der Waals surface area (Å²) in [6, 6.07) is 6.17. The largest absolute Gasteiger partial charge is 0.376 e. The van der Waals surface area contributed by atoms with Crippen LogP contribution in [0.25, 0.3) is 0 Å². The van der Waals surface area contributed by atoms with Gasteiger partial charge < -0.3 is 4.89 Å². The molecule has 1 aromatic carbocycles. The van der Waals surface area contributed by atoms with E-state index in [1.807, 2.05) is 6.92 Å². The molecule has 1 rings (SSSR count). The highest BCUT2D eigenvalue weighted by Gasteiger charge is 2.14. The van der Waals surface area contributed by atoms with Crippen molar-refractivity contribution in [2.75, 3.05) is 6.61 Å². The van der Waals surface area contributed by atoms with Gasteiger partial charge in [0.25, 0.3) is 0 Å². The van der Waals surface area contributed by atoms with Gasteiger partial charge in [-0.2, -0.15) is 4.89 Å². The Bertz CT molecular complexity index is 337. The number of para-hydroxylation sites is 1. The Labute approximate surface area is 93.4 Å². The van der Waals surface area contributed by atoms with Gasteiger partial charge in [0.15, 0.2) is 5.75 Å². The van der Waals surface area contributed by atoms with Crippen LogP contribution >= 0.6 is 0 Å². The number of carbonyl (C=O) groups is 1. The van der Waals surface area contributed by atoms with Gasteiger partial charge in [0.1, 0.15) is 5.56 Å². The van der Waals surface area contributed by atoms with Gasteiger partial charge in [0.05, 0.1) is 6.61 Å². The highest BCUT2D eigenvalue weighted by atomic mass is 17.2. The Balaban J connectivity index is 2.52. The van der Waals surface area contributed by atoms with Crippen LogP contribution in [0.1, 0.15) is 30.1 Å². The summed E-state index contributed by atoms with van der Waals surface area (Å²) in [5, 5.41) is 8.53. The molecule has 0 amide bonds. The van der Waals surface area contributed by atoms with Crippen molar-refractivity contribution in [1.82, 2.24) is 0 Å². The second-order valence-electron chi connectivity index (χ2n) is 3.13. The molecule has 0 aromatic heterocycles. The van der Waals surface area contributed by atoms with E-state index in [-0.39, 0.29) is 11.3 Å². The minimum Gasteiger partial charge on any atom is -0.339 e. The van der Waals surface area contributed by atoms with Gasteiger partial charge in [0.2, 0.25) is 0 Å². The van der Waals surface area contributed by atoms with Gasteiger partial charge in [-0.3, -0.25) is 4.89 Å². The molecular formula is C11H14O5. The summed E-state index contributed by atoms with van der Waals surface area (Å²) in [6.07, 6.45) is 1.76. The van der Waals surface area contributed by atoms with E-state index in [4.69, 9.17) is 10.1 Å². The maximum Gasteiger partial charge on any atom is 0.376 e. The third kappa shape index (κ3) is 3.52. The molecule has 5 heteroatoms. The number of unbranched alkanes of at least 4 members (excludes halogenated alkanes) is 1. The molecule has 0 heterocycles. The van der Waals surface area contributed by atoms with E-state index in [1.165, 1.54) is 12.1 Å². The van der Waals surface area contributed by atoms with Crippen molar-refractivity contribution < 1.29 is 24.7 Å². The molecule has 0 aliphatic rings. The lowest BCUT2D eigenvalue weighted by Crippen LogP contribution is -2.08. The molecule has 0 fully saturated rings. The van der Waals surface area contributed by atoms with E-state index >= 15 is 0 Å². The molecule has 1 N–H and O–H groups in total. The molecule has 0 atom stereocenters. The van der Waals surface area contributed by atoms with Crippen LogP contribution in [0.3, 0.4) is 0 Å². The smallest absolute Gasteiger partial charge is 0.339 e. The Morgan fingerprint density at radius 2 is 2.12 bits per heavy atom. The van der Waals surface area contributed by atoms with Crippen LogP contribution in [0.4, 0.5) is 0 Å². The normalized spacial score (nSPS) is 9.88. The third-order valence-corrected chi connectivity index (χ3v) is 1.92. The first-order valence-electron chi connectivity index (χ1n) is 5.03. The monoisotopic (exact) mass is 226 g/mol. The van der Waals surface area contributed by atoms with Gasteiger partial charge >= 0.3 is 5.97 Å². The minimum absolute atomic E-state index is 0.0339. The highest BCUT2D eigenvalue weighted by Crippen LogP contribution is 2.18. The fourth-order valence-corrected chi connectivity index (χ4v) is 1.06. The average Bonchev–Trinajstić information content (AvgIpc) is 2.34. The van der Waals surface area contributed by atoms with Crippen LogP contribution in [-0.4, -0.2) is 17.8 Å². The first-order chi connectivity index (χ1) is 7.79. The zero-order valence-corrected chi connectivity index (χ0v) is 9.01. The minimum atomic E-state index is -0.694. The summed E-state index contributed by atoms with van der Waals surface area (Å²) < 4.78 is 0. The molecule has 0 radical (unpaired) electrons. The Morgan fingerprint density at radius 3 is 2.81 bits per heavy atom. The predicted octanol–water partition coefficient (Wildman–Crippen LogP) is 2.43. The maximum atomic E-state index is 11.4. The number of hydrogen-bond acceptors (Lipinski definition) is 5. The molecule has 0 unspecified atom stereocenters. The molecule has 0 aliphatic carbocycles. The number of carbonyl (C=O) groups excluding carboxylic acids is 1. The zero-order chi connectivity index (χ0) is 11.8. The van der Waals surface area contributed by atoms with Crippen molar-refractivity contribution in [2.24, 2.45) is 0 Å². The summed E-state index contributed by atoms with van der Waals surface area (Å²) >= 11 is 0. The fraction of sp³-hybridized carbons (Fsp3) is 0.364.